The molecule has 0 aliphatic carbocycles. The molecule has 0 bridgehead atoms. The Morgan fingerprint density at radius 1 is 1.19 bits per heavy atom. The number of fused-ring (bicyclic) bond motifs is 2. The maximum atomic E-state index is 9.95. The first-order valence-electron chi connectivity index (χ1n) is 9.95. The zero-order valence-corrected chi connectivity index (χ0v) is 16.3. The number of aliphatic hydroxyl groups is 1. The Kier molecular flexibility index (Phi) is 4.53. The van der Waals surface area contributed by atoms with Gasteiger partial charge in [-0.3, -0.25) is 0 Å². The molecule has 6 nitrogen and oxygen atoms in total. The summed E-state index contributed by atoms with van der Waals surface area (Å²) < 4.78 is 6.31. The Morgan fingerprint density at radius 3 is 2.93 bits per heavy atom. The maximum absolute atomic E-state index is 9.95. The van der Waals surface area contributed by atoms with E-state index < -0.39 is 0 Å². The van der Waals surface area contributed by atoms with Crippen LogP contribution in [0.3, 0.4) is 0 Å². The minimum absolute atomic E-state index is 0.104. The molecule has 0 amide bonds. The molecule has 1 atom stereocenters. The summed E-state index contributed by atoms with van der Waals surface area (Å²) in [6.45, 7) is 4.25. The molecule has 3 aliphatic heterocycles. The van der Waals surface area contributed by atoms with E-state index in [-0.39, 0.29) is 11.7 Å². The number of hydrogen-bond acceptors (Lipinski definition) is 7. The SMILES string of the molecule is OC1CCCN(c2ccnc(N3CCC4(CC3)OCCc3ccsc34)n2)C1. The van der Waals surface area contributed by atoms with Gasteiger partial charge in [0.15, 0.2) is 0 Å². The Bertz CT molecular complexity index is 803. The molecule has 0 aromatic carbocycles. The van der Waals surface area contributed by atoms with E-state index in [0.717, 1.165) is 70.1 Å². The number of rotatable bonds is 2. The summed E-state index contributed by atoms with van der Waals surface area (Å²) >= 11 is 1.84. The van der Waals surface area contributed by atoms with E-state index in [9.17, 15) is 5.11 Å². The third-order valence-electron chi connectivity index (χ3n) is 6.11. The number of aliphatic hydroxyl groups excluding tert-OH is 1. The second-order valence-corrected chi connectivity index (χ2v) is 8.73. The highest BCUT2D eigenvalue weighted by molar-refractivity contribution is 7.10. The monoisotopic (exact) mass is 386 g/mol. The maximum Gasteiger partial charge on any atom is 0.227 e. The molecule has 0 saturated carbocycles. The summed E-state index contributed by atoms with van der Waals surface area (Å²) in [6, 6.07) is 4.21. The van der Waals surface area contributed by atoms with Crippen molar-refractivity contribution in [3.63, 3.8) is 0 Å². The smallest absolute Gasteiger partial charge is 0.227 e. The number of aromatic nitrogens is 2. The van der Waals surface area contributed by atoms with Gasteiger partial charge in [-0.25, -0.2) is 4.98 Å². The number of thiophene rings is 1. The number of hydrogen-bond donors (Lipinski definition) is 1. The van der Waals surface area contributed by atoms with Crippen LogP contribution in [0.2, 0.25) is 0 Å². The third-order valence-corrected chi connectivity index (χ3v) is 7.26. The summed E-state index contributed by atoms with van der Waals surface area (Å²) in [6.07, 6.45) is 6.48. The number of piperidine rings is 2. The summed E-state index contributed by atoms with van der Waals surface area (Å²) in [5.74, 6) is 1.72. The van der Waals surface area contributed by atoms with Crippen LogP contribution >= 0.6 is 11.3 Å². The minimum atomic E-state index is -0.254. The minimum Gasteiger partial charge on any atom is -0.391 e. The van der Waals surface area contributed by atoms with Gasteiger partial charge in [0.1, 0.15) is 11.4 Å². The van der Waals surface area contributed by atoms with E-state index in [0.29, 0.717) is 6.54 Å². The van der Waals surface area contributed by atoms with Gasteiger partial charge in [-0.2, -0.15) is 4.98 Å². The number of nitrogens with zero attached hydrogens (tertiary/aromatic N) is 4. The Balaban J connectivity index is 1.31. The number of β-amino-alcohol motifs (C(OH)–C–C–N with tert-alkyl or cyclic N) is 1. The van der Waals surface area contributed by atoms with E-state index >= 15 is 0 Å². The standard InChI is InChI=1S/C20H26N4O2S/c25-16-2-1-9-24(14-16)17-3-8-21-19(22-17)23-10-6-20(7-11-23)18-15(4-12-26-20)5-13-27-18/h3,5,8,13,16,25H,1-2,4,6-7,9-12,14H2. The molecule has 1 unspecified atom stereocenters. The average Bonchev–Trinajstić information content (AvgIpc) is 3.19. The van der Waals surface area contributed by atoms with Gasteiger partial charge < -0.3 is 19.6 Å². The number of anilines is 2. The van der Waals surface area contributed by atoms with Gasteiger partial charge in [0.25, 0.3) is 0 Å². The summed E-state index contributed by atoms with van der Waals surface area (Å²) in [5.41, 5.74) is 1.37. The fraction of sp³-hybridized carbons (Fsp3) is 0.600. The molecule has 2 fully saturated rings. The lowest BCUT2D eigenvalue weighted by atomic mass is 9.85. The van der Waals surface area contributed by atoms with E-state index in [1.54, 1.807) is 0 Å². The van der Waals surface area contributed by atoms with Crippen molar-refractivity contribution < 1.29 is 9.84 Å². The first-order chi connectivity index (χ1) is 13.2. The second kappa shape index (κ2) is 7.04. The van der Waals surface area contributed by atoms with Gasteiger partial charge >= 0.3 is 0 Å². The molecule has 3 aliphatic rings. The Hall–Kier alpha value is -1.70. The molecule has 27 heavy (non-hydrogen) atoms. The third kappa shape index (κ3) is 3.22. The normalized spacial score (nSPS) is 24.9. The van der Waals surface area contributed by atoms with Crippen LogP contribution in [-0.2, 0) is 16.8 Å². The van der Waals surface area contributed by atoms with Crippen molar-refractivity contribution in [3.05, 3.63) is 34.2 Å². The molecule has 1 spiro atoms. The zero-order chi connectivity index (χ0) is 18.3. The van der Waals surface area contributed by atoms with Crippen molar-refractivity contribution in [3.8, 4) is 0 Å². The zero-order valence-electron chi connectivity index (χ0n) is 15.5. The van der Waals surface area contributed by atoms with Crippen LogP contribution in [0.15, 0.2) is 23.7 Å². The number of ether oxygens (including phenoxy) is 1. The summed E-state index contributed by atoms with van der Waals surface area (Å²) in [7, 11) is 0. The van der Waals surface area contributed by atoms with Gasteiger partial charge in [0, 0.05) is 37.3 Å². The molecule has 5 rings (SSSR count). The predicted molar refractivity (Wildman–Crippen MR) is 107 cm³/mol. The van der Waals surface area contributed by atoms with Gasteiger partial charge in [0.2, 0.25) is 5.95 Å². The first kappa shape index (κ1) is 17.4. The summed E-state index contributed by atoms with van der Waals surface area (Å²) in [5, 5.41) is 12.2. The lowest BCUT2D eigenvalue weighted by Crippen LogP contribution is -2.46. The highest BCUT2D eigenvalue weighted by Gasteiger charge is 2.42. The van der Waals surface area contributed by atoms with Gasteiger partial charge in [-0.05, 0) is 55.2 Å². The van der Waals surface area contributed by atoms with Crippen LogP contribution in [0.1, 0.15) is 36.1 Å². The molecule has 2 saturated heterocycles. The van der Waals surface area contributed by atoms with Gasteiger partial charge in [0.05, 0.1) is 12.7 Å². The van der Waals surface area contributed by atoms with Crippen LogP contribution in [0, 0.1) is 0 Å². The predicted octanol–water partition coefficient (Wildman–Crippen LogP) is 2.57. The molecule has 1 N–H and O–H groups in total. The van der Waals surface area contributed by atoms with Crippen molar-refractivity contribution in [1.29, 1.82) is 0 Å². The summed E-state index contributed by atoms with van der Waals surface area (Å²) in [4.78, 5) is 15.2. The first-order valence-corrected chi connectivity index (χ1v) is 10.8. The topological polar surface area (TPSA) is 61.7 Å². The van der Waals surface area contributed by atoms with Gasteiger partial charge in [-0.1, -0.05) is 0 Å². The van der Waals surface area contributed by atoms with E-state index in [4.69, 9.17) is 9.72 Å². The van der Waals surface area contributed by atoms with Crippen molar-refractivity contribution >= 4 is 23.1 Å². The van der Waals surface area contributed by atoms with E-state index in [1.807, 2.05) is 23.6 Å². The van der Waals surface area contributed by atoms with Gasteiger partial charge in [-0.15, -0.1) is 11.3 Å². The largest absolute Gasteiger partial charge is 0.391 e. The second-order valence-electron chi connectivity index (χ2n) is 7.81. The Morgan fingerprint density at radius 2 is 2.07 bits per heavy atom. The van der Waals surface area contributed by atoms with Crippen LogP contribution < -0.4 is 9.80 Å². The Labute approximate surface area is 163 Å². The van der Waals surface area contributed by atoms with E-state index in [1.165, 1.54) is 10.4 Å². The fourth-order valence-corrected chi connectivity index (χ4v) is 5.79. The van der Waals surface area contributed by atoms with Crippen molar-refractivity contribution in [1.82, 2.24) is 9.97 Å². The molecule has 2 aromatic rings. The molecule has 2 aromatic heterocycles. The lowest BCUT2D eigenvalue weighted by molar-refractivity contribution is -0.0736. The molecular weight excluding hydrogens is 360 g/mol. The average molecular weight is 387 g/mol. The fourth-order valence-electron chi connectivity index (χ4n) is 4.62. The highest BCUT2D eigenvalue weighted by atomic mass is 32.1. The highest BCUT2D eigenvalue weighted by Crippen LogP contribution is 2.44. The molecular formula is C20H26N4O2S. The van der Waals surface area contributed by atoms with Crippen LogP contribution in [0.4, 0.5) is 11.8 Å². The van der Waals surface area contributed by atoms with E-state index in [2.05, 4.69) is 26.2 Å². The molecule has 0 radical (unpaired) electrons. The lowest BCUT2D eigenvalue weighted by Gasteiger charge is -2.43. The van der Waals surface area contributed by atoms with Crippen molar-refractivity contribution in [2.24, 2.45) is 0 Å². The van der Waals surface area contributed by atoms with Crippen LogP contribution in [0.5, 0.6) is 0 Å². The van der Waals surface area contributed by atoms with Crippen molar-refractivity contribution in [2.45, 2.75) is 43.8 Å². The quantitative estimate of drug-likeness (QED) is 0.856. The van der Waals surface area contributed by atoms with Crippen LogP contribution in [-0.4, -0.2) is 54.0 Å². The van der Waals surface area contributed by atoms with Crippen molar-refractivity contribution in [2.75, 3.05) is 42.6 Å². The molecule has 144 valence electrons. The van der Waals surface area contributed by atoms with Crippen LogP contribution in [0.25, 0.3) is 0 Å². The molecule has 5 heterocycles. The molecule has 7 heteroatoms.